The van der Waals surface area contributed by atoms with Crippen molar-refractivity contribution in [3.63, 3.8) is 0 Å². The smallest absolute Gasteiger partial charge is 0.0788 e. The van der Waals surface area contributed by atoms with Crippen molar-refractivity contribution >= 4 is 75.0 Å². The summed E-state index contributed by atoms with van der Waals surface area (Å²) in [6.45, 7) is 4.74. The predicted octanol–water partition coefficient (Wildman–Crippen LogP) is 16.2. The topological polar surface area (TPSA) is 17.8 Å². The van der Waals surface area contributed by atoms with E-state index in [-0.39, 0.29) is 5.41 Å². The van der Waals surface area contributed by atoms with Gasteiger partial charge in [-0.2, -0.15) is 0 Å². The molecule has 61 heavy (non-hydrogen) atoms. The van der Waals surface area contributed by atoms with Crippen molar-refractivity contribution in [2.75, 3.05) is 0 Å². The maximum atomic E-state index is 5.43. The lowest BCUT2D eigenvalue weighted by molar-refractivity contribution is 0.660. The molecule has 0 amide bonds. The Morgan fingerprint density at radius 3 is 1.87 bits per heavy atom. The van der Waals surface area contributed by atoms with Gasteiger partial charge in [-0.3, -0.25) is 0 Å². The standard InChI is InChI=1S/C58H38N2S/c1-58(2)48-23-11-6-18-40(48)41-29-28-36(33-49(41)58)37-30-38(32-39(31-37)60-51-25-13-8-19-42(51)43-20-9-14-26-52(43)60)46-34-47-54(55-45-22-10-15-27-53(45)61-57(46)55)44-21-7-12-24-50(44)59-56(47)35-16-4-3-5-17-35/h3-34H,1-2H3. The molecule has 9 aromatic carbocycles. The molecule has 1 aliphatic carbocycles. The largest absolute Gasteiger partial charge is 0.309 e. The second-order valence-corrected chi connectivity index (χ2v) is 18.1. The summed E-state index contributed by atoms with van der Waals surface area (Å²) < 4.78 is 5.05. The van der Waals surface area contributed by atoms with Crippen LogP contribution in [0.2, 0.25) is 0 Å². The normalized spacial score (nSPS) is 13.2. The number of para-hydroxylation sites is 3. The molecule has 12 aromatic rings. The van der Waals surface area contributed by atoms with E-state index in [2.05, 4.69) is 213 Å². The van der Waals surface area contributed by atoms with E-state index < -0.39 is 0 Å². The van der Waals surface area contributed by atoms with Gasteiger partial charge in [0.2, 0.25) is 0 Å². The predicted molar refractivity (Wildman–Crippen MR) is 260 cm³/mol. The summed E-state index contributed by atoms with van der Waals surface area (Å²) in [4.78, 5) is 5.43. The van der Waals surface area contributed by atoms with Crippen LogP contribution in [-0.2, 0) is 5.41 Å². The van der Waals surface area contributed by atoms with Crippen LogP contribution < -0.4 is 0 Å². The molecule has 3 heteroatoms. The van der Waals surface area contributed by atoms with Gasteiger partial charge in [0, 0.05) is 69.3 Å². The fourth-order valence-electron chi connectivity index (χ4n) is 10.5. The molecule has 13 rings (SSSR count). The van der Waals surface area contributed by atoms with Crippen LogP contribution in [-0.4, -0.2) is 9.55 Å². The highest BCUT2D eigenvalue weighted by Crippen LogP contribution is 2.51. The first-order valence-corrected chi connectivity index (χ1v) is 21.9. The average Bonchev–Trinajstić information content (AvgIpc) is 3.94. The lowest BCUT2D eigenvalue weighted by Gasteiger charge is -2.22. The zero-order chi connectivity index (χ0) is 40.4. The lowest BCUT2D eigenvalue weighted by Crippen LogP contribution is -2.14. The molecule has 0 saturated carbocycles. The van der Waals surface area contributed by atoms with Crippen molar-refractivity contribution in [3.05, 3.63) is 205 Å². The number of rotatable bonds is 4. The van der Waals surface area contributed by atoms with Crippen LogP contribution in [0.5, 0.6) is 0 Å². The third-order valence-corrected chi connectivity index (χ3v) is 14.5. The highest BCUT2D eigenvalue weighted by atomic mass is 32.1. The van der Waals surface area contributed by atoms with Crippen molar-refractivity contribution in [1.29, 1.82) is 0 Å². The van der Waals surface area contributed by atoms with Crippen LogP contribution in [0, 0.1) is 0 Å². The van der Waals surface area contributed by atoms with Crippen molar-refractivity contribution in [3.8, 4) is 50.3 Å². The molecule has 2 nitrogen and oxygen atoms in total. The fraction of sp³-hybridized carbons (Fsp3) is 0.0517. The van der Waals surface area contributed by atoms with Gasteiger partial charge < -0.3 is 4.57 Å². The van der Waals surface area contributed by atoms with Gasteiger partial charge in [0.05, 0.1) is 22.2 Å². The molecule has 0 aliphatic heterocycles. The minimum atomic E-state index is -0.111. The minimum absolute atomic E-state index is 0.111. The maximum absolute atomic E-state index is 5.43. The van der Waals surface area contributed by atoms with Crippen LogP contribution in [0.3, 0.4) is 0 Å². The number of hydrogen-bond acceptors (Lipinski definition) is 2. The number of benzene rings is 9. The Hall–Kier alpha value is -7.33. The van der Waals surface area contributed by atoms with Crippen molar-refractivity contribution in [2.45, 2.75) is 19.3 Å². The van der Waals surface area contributed by atoms with E-state index in [0.29, 0.717) is 0 Å². The quantitative estimate of drug-likeness (QED) is 0.162. The summed E-state index contributed by atoms with van der Waals surface area (Å²) >= 11 is 1.90. The number of aromatic nitrogens is 2. The van der Waals surface area contributed by atoms with Gasteiger partial charge in [0.25, 0.3) is 0 Å². The molecule has 286 valence electrons. The molecule has 0 spiro atoms. The number of pyridine rings is 1. The summed E-state index contributed by atoms with van der Waals surface area (Å²) in [7, 11) is 0. The van der Waals surface area contributed by atoms with Crippen LogP contribution in [0.4, 0.5) is 0 Å². The summed E-state index contributed by atoms with van der Waals surface area (Å²) in [5.74, 6) is 0. The monoisotopic (exact) mass is 794 g/mol. The Morgan fingerprint density at radius 2 is 1.07 bits per heavy atom. The number of fused-ring (bicyclic) bond motifs is 13. The van der Waals surface area contributed by atoms with Crippen molar-refractivity contribution in [2.24, 2.45) is 0 Å². The van der Waals surface area contributed by atoms with Gasteiger partial charge in [-0.15, -0.1) is 11.3 Å². The summed E-state index contributed by atoms with van der Waals surface area (Å²) in [5, 5.41) is 8.69. The Bertz CT molecular complexity index is 3740. The number of thiophene rings is 1. The van der Waals surface area contributed by atoms with Gasteiger partial charge in [-0.1, -0.05) is 153 Å². The average molecular weight is 795 g/mol. The van der Waals surface area contributed by atoms with E-state index in [1.807, 2.05) is 11.3 Å². The second-order valence-electron chi connectivity index (χ2n) is 17.1. The molecule has 0 unspecified atom stereocenters. The third-order valence-electron chi connectivity index (χ3n) is 13.3. The lowest BCUT2D eigenvalue weighted by atomic mass is 9.81. The van der Waals surface area contributed by atoms with Crippen LogP contribution in [0.1, 0.15) is 25.0 Å². The van der Waals surface area contributed by atoms with Crippen molar-refractivity contribution < 1.29 is 0 Å². The second kappa shape index (κ2) is 12.8. The number of nitrogens with zero attached hydrogens (tertiary/aromatic N) is 2. The number of hydrogen-bond donors (Lipinski definition) is 0. The molecule has 3 heterocycles. The fourth-order valence-corrected chi connectivity index (χ4v) is 11.8. The first-order chi connectivity index (χ1) is 30.0. The Kier molecular flexibility index (Phi) is 7.26. The Morgan fingerprint density at radius 1 is 0.426 bits per heavy atom. The summed E-state index contributed by atoms with van der Waals surface area (Å²) in [6, 6.07) is 71.8. The maximum Gasteiger partial charge on any atom is 0.0788 e. The molecule has 0 bridgehead atoms. The van der Waals surface area contributed by atoms with E-state index in [1.54, 1.807) is 0 Å². The van der Waals surface area contributed by atoms with E-state index in [0.717, 1.165) is 27.8 Å². The van der Waals surface area contributed by atoms with Gasteiger partial charge in [0.15, 0.2) is 0 Å². The van der Waals surface area contributed by atoms with Crippen LogP contribution >= 0.6 is 11.3 Å². The van der Waals surface area contributed by atoms with Gasteiger partial charge in [-0.05, 0) is 93.5 Å². The van der Waals surface area contributed by atoms with E-state index >= 15 is 0 Å². The highest BCUT2D eigenvalue weighted by Gasteiger charge is 2.35. The molecule has 0 saturated heterocycles. The molecular formula is C58H38N2S. The zero-order valence-electron chi connectivity index (χ0n) is 33.8. The van der Waals surface area contributed by atoms with E-state index in [4.69, 9.17) is 4.98 Å². The van der Waals surface area contributed by atoms with Crippen LogP contribution in [0.25, 0.3) is 114 Å². The van der Waals surface area contributed by atoms with Gasteiger partial charge >= 0.3 is 0 Å². The molecule has 3 aromatic heterocycles. The summed E-state index contributed by atoms with van der Waals surface area (Å²) in [6.07, 6.45) is 0. The zero-order valence-corrected chi connectivity index (χ0v) is 34.6. The van der Waals surface area contributed by atoms with Crippen LogP contribution in [0.15, 0.2) is 194 Å². The molecule has 0 N–H and O–H groups in total. The third kappa shape index (κ3) is 4.99. The first-order valence-electron chi connectivity index (χ1n) is 21.1. The summed E-state index contributed by atoms with van der Waals surface area (Å²) in [5.41, 5.74) is 16.8. The van der Waals surface area contributed by atoms with E-state index in [1.165, 1.54) is 97.3 Å². The SMILES string of the molecule is CC1(C)c2ccccc2-c2ccc(-c3cc(-c4cc5c(-c6ccccc6)nc6ccccc6c5c5c4sc4ccccc45)cc(-n4c5ccccc5c5ccccc54)c3)cc21. The van der Waals surface area contributed by atoms with Gasteiger partial charge in [-0.25, -0.2) is 4.98 Å². The molecule has 1 aliphatic rings. The first kappa shape index (κ1) is 34.5. The van der Waals surface area contributed by atoms with Crippen molar-refractivity contribution in [1.82, 2.24) is 9.55 Å². The molecule has 0 fully saturated rings. The van der Waals surface area contributed by atoms with E-state index in [9.17, 15) is 0 Å². The molecular weight excluding hydrogens is 757 g/mol. The highest BCUT2D eigenvalue weighted by molar-refractivity contribution is 7.26. The Labute approximate surface area is 357 Å². The Balaban J connectivity index is 1.16. The molecule has 0 atom stereocenters. The minimum Gasteiger partial charge on any atom is -0.309 e. The molecule has 0 radical (unpaired) electrons. The van der Waals surface area contributed by atoms with Gasteiger partial charge in [0.1, 0.15) is 0 Å².